The summed E-state index contributed by atoms with van der Waals surface area (Å²) in [6.07, 6.45) is 7.71. The molecule has 0 aliphatic carbocycles. The van der Waals surface area contributed by atoms with Gasteiger partial charge in [-0.15, -0.1) is 11.8 Å². The van der Waals surface area contributed by atoms with E-state index in [1.54, 1.807) is 0 Å². The molecule has 1 aromatic rings. The molecule has 22 heavy (non-hydrogen) atoms. The van der Waals surface area contributed by atoms with Crippen LogP contribution in [0.15, 0.2) is 29.2 Å². The smallest absolute Gasteiger partial charge is 0.0700 e. The van der Waals surface area contributed by atoms with Crippen molar-refractivity contribution in [2.24, 2.45) is 0 Å². The van der Waals surface area contributed by atoms with E-state index >= 15 is 0 Å². The summed E-state index contributed by atoms with van der Waals surface area (Å²) in [5.41, 5.74) is 1.08. The van der Waals surface area contributed by atoms with E-state index < -0.39 is 0 Å². The highest BCUT2D eigenvalue weighted by molar-refractivity contribution is 7.99. The molecular formula is C19H29NOS. The molecule has 122 valence electrons. The highest BCUT2D eigenvalue weighted by Gasteiger charge is 2.05. The number of nitriles is 1. The van der Waals surface area contributed by atoms with Crippen molar-refractivity contribution in [2.75, 3.05) is 5.75 Å². The van der Waals surface area contributed by atoms with Crippen LogP contribution in [0.1, 0.15) is 70.3 Å². The lowest BCUT2D eigenvalue weighted by atomic mass is 10.0. The molecule has 3 heteroatoms. The molecular weight excluding hydrogens is 290 g/mol. The molecule has 0 bridgehead atoms. The van der Waals surface area contributed by atoms with Crippen LogP contribution in [-0.2, 0) is 0 Å². The second-order valence-corrected chi connectivity index (χ2v) is 7.08. The Bertz CT molecular complexity index is 438. The van der Waals surface area contributed by atoms with Crippen molar-refractivity contribution >= 4 is 11.8 Å². The van der Waals surface area contributed by atoms with Crippen LogP contribution in [0.5, 0.6) is 0 Å². The molecule has 1 rings (SSSR count). The van der Waals surface area contributed by atoms with Gasteiger partial charge in [0, 0.05) is 4.90 Å². The first-order valence-electron chi connectivity index (χ1n) is 8.47. The van der Waals surface area contributed by atoms with Crippen molar-refractivity contribution in [1.82, 2.24) is 0 Å². The minimum Gasteiger partial charge on any atom is -0.393 e. The summed E-state index contributed by atoms with van der Waals surface area (Å²) in [6.45, 7) is 4.13. The van der Waals surface area contributed by atoms with Gasteiger partial charge in [0.1, 0.15) is 0 Å². The van der Waals surface area contributed by atoms with Crippen molar-refractivity contribution in [2.45, 2.75) is 75.7 Å². The predicted octanol–water partition coefficient (Wildman–Crippen LogP) is 5.52. The van der Waals surface area contributed by atoms with Crippen molar-refractivity contribution in [1.29, 1.82) is 5.26 Å². The molecule has 0 aliphatic heterocycles. The number of hydrogen-bond acceptors (Lipinski definition) is 3. The summed E-state index contributed by atoms with van der Waals surface area (Å²) in [4.78, 5) is 1.24. The summed E-state index contributed by atoms with van der Waals surface area (Å²) in [6, 6.07) is 10.5. The maximum atomic E-state index is 9.93. The number of benzene rings is 1. The third kappa shape index (κ3) is 7.87. The fourth-order valence-electron chi connectivity index (χ4n) is 2.39. The average molecular weight is 320 g/mol. The van der Waals surface area contributed by atoms with E-state index in [9.17, 15) is 5.11 Å². The molecule has 0 saturated heterocycles. The molecule has 0 amide bonds. The second-order valence-electron chi connectivity index (χ2n) is 5.91. The van der Waals surface area contributed by atoms with Gasteiger partial charge in [0.05, 0.1) is 18.1 Å². The van der Waals surface area contributed by atoms with E-state index in [2.05, 4.69) is 25.1 Å². The Kier molecular flexibility index (Phi) is 10.0. The summed E-state index contributed by atoms with van der Waals surface area (Å²) >= 11 is 1.83. The van der Waals surface area contributed by atoms with Gasteiger partial charge in [-0.05, 0) is 49.6 Å². The van der Waals surface area contributed by atoms with Gasteiger partial charge < -0.3 is 5.11 Å². The lowest BCUT2D eigenvalue weighted by molar-refractivity contribution is 0.150. The molecule has 1 unspecified atom stereocenters. The normalized spacial score (nSPS) is 13.5. The van der Waals surface area contributed by atoms with Gasteiger partial charge in [0.15, 0.2) is 0 Å². The topological polar surface area (TPSA) is 44.0 Å². The summed E-state index contributed by atoms with van der Waals surface area (Å²) in [5.74, 6) is 1.00. The Morgan fingerprint density at radius 3 is 2.41 bits per heavy atom. The van der Waals surface area contributed by atoms with E-state index in [0.29, 0.717) is 0 Å². The van der Waals surface area contributed by atoms with Crippen molar-refractivity contribution in [3.05, 3.63) is 29.8 Å². The van der Waals surface area contributed by atoms with Gasteiger partial charge in [0.25, 0.3) is 0 Å². The number of hydrogen-bond donors (Lipinski definition) is 1. The molecule has 0 radical (unpaired) electrons. The molecule has 1 N–H and O–H groups in total. The van der Waals surface area contributed by atoms with Gasteiger partial charge in [0.2, 0.25) is 0 Å². The van der Waals surface area contributed by atoms with E-state index in [4.69, 9.17) is 5.26 Å². The van der Waals surface area contributed by atoms with Crippen LogP contribution >= 0.6 is 11.8 Å². The Morgan fingerprint density at radius 2 is 1.77 bits per heavy atom. The Morgan fingerprint density at radius 1 is 1.09 bits per heavy atom. The minimum atomic E-state index is -0.128. The first-order chi connectivity index (χ1) is 10.7. The van der Waals surface area contributed by atoms with Gasteiger partial charge in [-0.1, -0.05) is 44.7 Å². The predicted molar refractivity (Wildman–Crippen MR) is 95.2 cm³/mol. The molecule has 0 aromatic heterocycles. The number of nitrogens with zero attached hydrogens (tertiary/aromatic N) is 1. The Hall–Kier alpha value is -0.980. The number of aliphatic hydroxyl groups is 1. The SMILES string of the molecule is CCCCCC[C@@H](O)CCCSc1ccc(C(C)C#N)cc1. The molecule has 1 aromatic carbocycles. The van der Waals surface area contributed by atoms with E-state index in [0.717, 1.165) is 37.0 Å². The average Bonchev–Trinajstić information content (AvgIpc) is 2.55. The van der Waals surface area contributed by atoms with Gasteiger partial charge in [-0.2, -0.15) is 5.26 Å². The standard InChI is InChI=1S/C19H29NOS/c1-3-4-5-6-8-18(21)9-7-14-22-19-12-10-17(11-13-19)16(2)15-20/h10-13,16,18,21H,3-9,14H2,1-2H3/t16?,18-/m1/s1. The number of aliphatic hydroxyl groups excluding tert-OH is 1. The first-order valence-corrected chi connectivity index (χ1v) is 9.46. The molecule has 2 nitrogen and oxygen atoms in total. The lowest BCUT2D eigenvalue weighted by Gasteiger charge is -2.10. The Labute approximate surface area is 139 Å². The van der Waals surface area contributed by atoms with Crippen LogP contribution in [0, 0.1) is 11.3 Å². The van der Waals surface area contributed by atoms with Crippen LogP contribution in [0.3, 0.4) is 0 Å². The summed E-state index contributed by atoms with van der Waals surface area (Å²) < 4.78 is 0. The molecule has 0 fully saturated rings. The van der Waals surface area contributed by atoms with Crippen molar-refractivity contribution in [3.8, 4) is 6.07 Å². The second kappa shape index (κ2) is 11.6. The molecule has 0 heterocycles. The lowest BCUT2D eigenvalue weighted by Crippen LogP contribution is -2.06. The monoisotopic (exact) mass is 319 g/mol. The van der Waals surface area contributed by atoms with Crippen LogP contribution in [-0.4, -0.2) is 17.0 Å². The summed E-state index contributed by atoms with van der Waals surface area (Å²) in [5, 5.41) is 18.8. The van der Waals surface area contributed by atoms with Crippen LogP contribution in [0.2, 0.25) is 0 Å². The zero-order valence-electron chi connectivity index (χ0n) is 13.9. The third-order valence-corrected chi connectivity index (χ3v) is 5.01. The molecule has 0 aliphatic rings. The Balaban J connectivity index is 2.15. The largest absolute Gasteiger partial charge is 0.393 e. The third-order valence-electron chi connectivity index (χ3n) is 3.92. The van der Waals surface area contributed by atoms with Gasteiger partial charge in [-0.3, -0.25) is 0 Å². The zero-order chi connectivity index (χ0) is 16.2. The maximum absolute atomic E-state index is 9.93. The molecule has 0 spiro atoms. The number of thioether (sulfide) groups is 1. The first kappa shape index (κ1) is 19.1. The fraction of sp³-hybridized carbons (Fsp3) is 0.632. The van der Waals surface area contributed by atoms with Crippen LogP contribution < -0.4 is 0 Å². The molecule has 2 atom stereocenters. The highest BCUT2D eigenvalue weighted by atomic mass is 32.2. The number of unbranched alkanes of at least 4 members (excludes halogenated alkanes) is 3. The van der Waals surface area contributed by atoms with Crippen molar-refractivity contribution < 1.29 is 5.11 Å². The van der Waals surface area contributed by atoms with Crippen LogP contribution in [0.4, 0.5) is 0 Å². The van der Waals surface area contributed by atoms with E-state index in [1.165, 1.54) is 24.2 Å². The highest BCUT2D eigenvalue weighted by Crippen LogP contribution is 2.23. The summed E-state index contributed by atoms with van der Waals surface area (Å²) in [7, 11) is 0. The van der Waals surface area contributed by atoms with Gasteiger partial charge >= 0.3 is 0 Å². The van der Waals surface area contributed by atoms with E-state index in [1.807, 2.05) is 30.8 Å². The minimum absolute atomic E-state index is 0.0399. The zero-order valence-corrected chi connectivity index (χ0v) is 14.7. The van der Waals surface area contributed by atoms with Crippen LogP contribution in [0.25, 0.3) is 0 Å². The molecule has 0 saturated carbocycles. The number of rotatable bonds is 11. The fourth-order valence-corrected chi connectivity index (χ4v) is 3.26. The maximum Gasteiger partial charge on any atom is 0.0700 e. The van der Waals surface area contributed by atoms with Crippen molar-refractivity contribution in [3.63, 3.8) is 0 Å². The quantitative estimate of drug-likeness (QED) is 0.431. The van der Waals surface area contributed by atoms with E-state index in [-0.39, 0.29) is 12.0 Å². The van der Waals surface area contributed by atoms with Gasteiger partial charge in [-0.25, -0.2) is 0 Å².